The molecule has 0 unspecified atom stereocenters. The van der Waals surface area contributed by atoms with Crippen LogP contribution in [0.25, 0.3) is 33.4 Å². The summed E-state index contributed by atoms with van der Waals surface area (Å²) in [5, 5.41) is 6.08. The van der Waals surface area contributed by atoms with E-state index in [1.807, 2.05) is 42.7 Å². The first-order valence-corrected chi connectivity index (χ1v) is 11.7. The molecular formula is C26H27N5O2. The van der Waals surface area contributed by atoms with Crippen LogP contribution in [-0.2, 0) is 17.7 Å². The Morgan fingerprint density at radius 3 is 2.76 bits per heavy atom. The van der Waals surface area contributed by atoms with Gasteiger partial charge in [-0.3, -0.25) is 19.5 Å². The molecule has 1 saturated heterocycles. The molecule has 33 heavy (non-hydrogen) atoms. The van der Waals surface area contributed by atoms with E-state index in [0.29, 0.717) is 6.61 Å². The van der Waals surface area contributed by atoms with Crippen molar-refractivity contribution in [2.75, 3.05) is 39.5 Å². The van der Waals surface area contributed by atoms with Crippen LogP contribution in [0.1, 0.15) is 12.1 Å². The lowest BCUT2D eigenvalue weighted by atomic mass is 9.96. The van der Waals surface area contributed by atoms with Gasteiger partial charge in [-0.1, -0.05) is 12.1 Å². The maximum atomic E-state index is 6.26. The fraction of sp³-hybridized carbons (Fsp3) is 0.346. The SMILES string of the molecule is c1ccc(-c2nn3c(c2-c2cc(OCCN4CCOCC4)cc4ncccc24)CCC3)nc1. The van der Waals surface area contributed by atoms with Gasteiger partial charge >= 0.3 is 0 Å². The molecule has 1 fully saturated rings. The van der Waals surface area contributed by atoms with Crippen LogP contribution in [0, 0.1) is 0 Å². The molecule has 0 atom stereocenters. The third-order valence-electron chi connectivity index (χ3n) is 6.49. The summed E-state index contributed by atoms with van der Waals surface area (Å²) in [6.07, 6.45) is 5.79. The Kier molecular flexibility index (Phi) is 5.49. The van der Waals surface area contributed by atoms with Gasteiger partial charge in [0, 0.05) is 61.3 Å². The second kappa shape index (κ2) is 8.92. The minimum absolute atomic E-state index is 0.636. The highest BCUT2D eigenvalue weighted by Gasteiger charge is 2.26. The van der Waals surface area contributed by atoms with Crippen LogP contribution < -0.4 is 4.74 Å². The van der Waals surface area contributed by atoms with Gasteiger partial charge in [-0.15, -0.1) is 0 Å². The summed E-state index contributed by atoms with van der Waals surface area (Å²) in [5.41, 5.74) is 6.30. The largest absolute Gasteiger partial charge is 0.492 e. The van der Waals surface area contributed by atoms with Crippen molar-refractivity contribution >= 4 is 10.9 Å². The zero-order valence-corrected chi connectivity index (χ0v) is 18.6. The van der Waals surface area contributed by atoms with E-state index in [4.69, 9.17) is 14.6 Å². The molecular weight excluding hydrogens is 414 g/mol. The molecule has 0 saturated carbocycles. The summed E-state index contributed by atoms with van der Waals surface area (Å²) in [6, 6.07) is 14.3. The van der Waals surface area contributed by atoms with Gasteiger partial charge < -0.3 is 9.47 Å². The fourth-order valence-electron chi connectivity index (χ4n) is 4.86. The number of hydrogen-bond donors (Lipinski definition) is 0. The van der Waals surface area contributed by atoms with Gasteiger partial charge in [0.1, 0.15) is 18.1 Å². The molecule has 7 nitrogen and oxygen atoms in total. The predicted octanol–water partition coefficient (Wildman–Crippen LogP) is 3.82. The number of fused-ring (bicyclic) bond motifs is 2. The van der Waals surface area contributed by atoms with Crippen molar-refractivity contribution in [1.82, 2.24) is 24.6 Å². The minimum atomic E-state index is 0.636. The van der Waals surface area contributed by atoms with Crippen molar-refractivity contribution in [2.45, 2.75) is 19.4 Å². The Morgan fingerprint density at radius 2 is 1.88 bits per heavy atom. The van der Waals surface area contributed by atoms with E-state index < -0.39 is 0 Å². The van der Waals surface area contributed by atoms with Gasteiger partial charge in [-0.2, -0.15) is 5.10 Å². The lowest BCUT2D eigenvalue weighted by Gasteiger charge is -2.26. The average Bonchev–Trinajstić information content (AvgIpc) is 3.46. The molecule has 0 radical (unpaired) electrons. The van der Waals surface area contributed by atoms with Crippen LogP contribution in [0.4, 0.5) is 0 Å². The number of ether oxygens (including phenoxy) is 2. The van der Waals surface area contributed by atoms with Crippen molar-refractivity contribution in [1.29, 1.82) is 0 Å². The molecule has 0 aliphatic carbocycles. The standard InChI is InChI=1S/C26H27N5O2/c1-2-8-27-22(6-1)26-25(24-7-4-10-31(24)29-26)21-17-19(18-23-20(21)5-3-9-28-23)33-16-13-30-11-14-32-15-12-30/h1-3,5-6,8-9,17-18H,4,7,10-16H2. The van der Waals surface area contributed by atoms with E-state index in [2.05, 4.69) is 31.7 Å². The van der Waals surface area contributed by atoms with Crippen molar-refractivity contribution in [3.05, 3.63) is 60.6 Å². The Balaban J connectivity index is 1.41. The summed E-state index contributed by atoms with van der Waals surface area (Å²) in [6.45, 7) is 5.99. The lowest BCUT2D eigenvalue weighted by molar-refractivity contribution is 0.0322. The van der Waals surface area contributed by atoms with Gasteiger partial charge in [-0.25, -0.2) is 0 Å². The molecule has 2 aliphatic rings. The minimum Gasteiger partial charge on any atom is -0.492 e. The molecule has 6 rings (SSSR count). The maximum absolute atomic E-state index is 6.26. The highest BCUT2D eigenvalue weighted by molar-refractivity contribution is 6.00. The van der Waals surface area contributed by atoms with Crippen LogP contribution >= 0.6 is 0 Å². The van der Waals surface area contributed by atoms with Crippen molar-refractivity contribution in [2.24, 2.45) is 0 Å². The topological polar surface area (TPSA) is 65.3 Å². The molecule has 3 aromatic heterocycles. The third kappa shape index (κ3) is 3.98. The monoisotopic (exact) mass is 441 g/mol. The molecule has 0 amide bonds. The van der Waals surface area contributed by atoms with Crippen molar-refractivity contribution < 1.29 is 9.47 Å². The van der Waals surface area contributed by atoms with Crippen LogP contribution in [-0.4, -0.2) is 64.1 Å². The first kappa shape index (κ1) is 20.3. The normalized spacial score (nSPS) is 16.2. The first-order chi connectivity index (χ1) is 16.4. The van der Waals surface area contributed by atoms with Crippen LogP contribution in [0.5, 0.6) is 5.75 Å². The Hall–Kier alpha value is -3.29. The lowest BCUT2D eigenvalue weighted by Crippen LogP contribution is -2.38. The van der Waals surface area contributed by atoms with Crippen molar-refractivity contribution in [3.63, 3.8) is 0 Å². The molecule has 168 valence electrons. The number of nitrogens with zero attached hydrogens (tertiary/aromatic N) is 5. The average molecular weight is 442 g/mol. The van der Waals surface area contributed by atoms with Crippen LogP contribution in [0.3, 0.4) is 0 Å². The number of benzene rings is 1. The zero-order chi connectivity index (χ0) is 22.0. The molecule has 0 N–H and O–H groups in total. The molecule has 4 aromatic rings. The van der Waals surface area contributed by atoms with Gasteiger partial charge in [0.2, 0.25) is 0 Å². The maximum Gasteiger partial charge on any atom is 0.122 e. The Bertz CT molecular complexity index is 1260. The molecule has 1 aromatic carbocycles. The van der Waals surface area contributed by atoms with Gasteiger partial charge in [0.05, 0.1) is 24.4 Å². The Morgan fingerprint density at radius 1 is 0.970 bits per heavy atom. The zero-order valence-electron chi connectivity index (χ0n) is 18.6. The van der Waals surface area contributed by atoms with Crippen LogP contribution in [0.2, 0.25) is 0 Å². The molecule has 2 aliphatic heterocycles. The summed E-state index contributed by atoms with van der Waals surface area (Å²) in [7, 11) is 0. The summed E-state index contributed by atoms with van der Waals surface area (Å²) < 4.78 is 13.9. The van der Waals surface area contributed by atoms with Gasteiger partial charge in [-0.05, 0) is 42.7 Å². The number of rotatable bonds is 6. The predicted molar refractivity (Wildman–Crippen MR) is 127 cm³/mol. The van der Waals surface area contributed by atoms with E-state index in [1.165, 1.54) is 5.69 Å². The quantitative estimate of drug-likeness (QED) is 0.453. The van der Waals surface area contributed by atoms with Gasteiger partial charge in [0.25, 0.3) is 0 Å². The molecule has 7 heteroatoms. The van der Waals surface area contributed by atoms with E-state index >= 15 is 0 Å². The summed E-state index contributed by atoms with van der Waals surface area (Å²) in [5.74, 6) is 0.842. The first-order valence-electron chi connectivity index (χ1n) is 11.7. The second-order valence-corrected chi connectivity index (χ2v) is 8.56. The molecule has 0 bridgehead atoms. The Labute approximate surface area is 193 Å². The van der Waals surface area contributed by atoms with E-state index in [1.54, 1.807) is 0 Å². The van der Waals surface area contributed by atoms with E-state index in [0.717, 1.165) is 91.4 Å². The smallest absolute Gasteiger partial charge is 0.122 e. The number of aryl methyl sites for hydroxylation is 1. The molecule has 5 heterocycles. The third-order valence-corrected chi connectivity index (χ3v) is 6.49. The van der Waals surface area contributed by atoms with Gasteiger partial charge in [0.15, 0.2) is 0 Å². The number of hydrogen-bond acceptors (Lipinski definition) is 6. The fourth-order valence-corrected chi connectivity index (χ4v) is 4.86. The number of aromatic nitrogens is 4. The van der Waals surface area contributed by atoms with E-state index in [-0.39, 0.29) is 0 Å². The second-order valence-electron chi connectivity index (χ2n) is 8.56. The summed E-state index contributed by atoms with van der Waals surface area (Å²) >= 11 is 0. The molecule has 0 spiro atoms. The summed E-state index contributed by atoms with van der Waals surface area (Å²) in [4.78, 5) is 11.7. The van der Waals surface area contributed by atoms with E-state index in [9.17, 15) is 0 Å². The number of morpholine rings is 1. The highest BCUT2D eigenvalue weighted by Crippen LogP contribution is 2.41. The van der Waals surface area contributed by atoms with Crippen molar-refractivity contribution in [3.8, 4) is 28.3 Å². The highest BCUT2D eigenvalue weighted by atomic mass is 16.5. The van der Waals surface area contributed by atoms with Crippen LogP contribution in [0.15, 0.2) is 54.9 Å². The number of pyridine rings is 2.